The molecule has 1 aliphatic rings. The molecule has 0 aromatic carbocycles. The van der Waals surface area contributed by atoms with Gasteiger partial charge in [0.05, 0.1) is 19.7 Å². The zero-order chi connectivity index (χ0) is 11.4. The van der Waals surface area contributed by atoms with Crippen LogP contribution in [0.1, 0.15) is 19.2 Å². The van der Waals surface area contributed by atoms with Gasteiger partial charge in [0.2, 0.25) is 0 Å². The van der Waals surface area contributed by atoms with Crippen LogP contribution in [0.25, 0.3) is 0 Å². The number of hydrogen-bond donors (Lipinski definition) is 1. The summed E-state index contributed by atoms with van der Waals surface area (Å²) in [5.41, 5.74) is -0.0170. The van der Waals surface area contributed by atoms with Crippen LogP contribution in [0.3, 0.4) is 0 Å². The van der Waals surface area contributed by atoms with Gasteiger partial charge in [0, 0.05) is 19.7 Å². The Morgan fingerprint density at radius 3 is 3.12 bits per heavy atom. The molecule has 0 amide bonds. The van der Waals surface area contributed by atoms with Crippen LogP contribution in [0.5, 0.6) is 0 Å². The number of rotatable bonds is 5. The van der Waals surface area contributed by atoms with E-state index in [2.05, 4.69) is 17.3 Å². The molecule has 2 heterocycles. The number of hydrogen-bond acceptors (Lipinski definition) is 4. The van der Waals surface area contributed by atoms with Crippen LogP contribution in [0.2, 0.25) is 0 Å². The Hall–Kier alpha value is -1.14. The van der Waals surface area contributed by atoms with E-state index in [4.69, 9.17) is 4.74 Å². The van der Waals surface area contributed by atoms with Crippen LogP contribution in [-0.2, 0) is 24.4 Å². The molecule has 1 aromatic rings. The van der Waals surface area contributed by atoms with Crippen LogP contribution in [0, 0.1) is 0 Å². The summed E-state index contributed by atoms with van der Waals surface area (Å²) in [7, 11) is 0. The Bertz CT molecular complexity index is 396. The Morgan fingerprint density at radius 1 is 1.50 bits per heavy atom. The highest BCUT2D eigenvalue weighted by atomic mass is 16.5. The summed E-state index contributed by atoms with van der Waals surface area (Å²) in [6, 6.07) is 0. The van der Waals surface area contributed by atoms with E-state index < -0.39 is 0 Å². The van der Waals surface area contributed by atoms with Crippen molar-refractivity contribution in [2.24, 2.45) is 0 Å². The van der Waals surface area contributed by atoms with E-state index in [0.29, 0.717) is 26.2 Å². The fourth-order valence-electron chi connectivity index (χ4n) is 1.78. The molecule has 2 rings (SSSR count). The Kier molecular flexibility index (Phi) is 3.74. The molecule has 0 aliphatic carbocycles. The van der Waals surface area contributed by atoms with Crippen molar-refractivity contribution in [2.75, 3.05) is 19.8 Å². The van der Waals surface area contributed by atoms with E-state index >= 15 is 0 Å². The first-order valence-corrected chi connectivity index (χ1v) is 5.78. The summed E-state index contributed by atoms with van der Waals surface area (Å²) >= 11 is 0. The van der Waals surface area contributed by atoms with E-state index in [1.54, 1.807) is 4.57 Å². The van der Waals surface area contributed by atoms with Crippen molar-refractivity contribution in [3.8, 4) is 0 Å². The fraction of sp³-hybridized carbons (Fsp3) is 0.800. The molecule has 1 aliphatic heterocycles. The molecule has 0 saturated carbocycles. The lowest BCUT2D eigenvalue weighted by molar-refractivity contribution is 0.123. The van der Waals surface area contributed by atoms with Crippen molar-refractivity contribution in [1.82, 2.24) is 19.7 Å². The predicted octanol–water partition coefficient (Wildman–Crippen LogP) is -0.425. The SMILES string of the molecule is CCCOCCn1nc2n(c1=O)CCNC2. The molecule has 1 N–H and O–H groups in total. The largest absolute Gasteiger partial charge is 0.380 e. The normalized spacial score (nSPS) is 15.1. The topological polar surface area (TPSA) is 61.1 Å². The average Bonchev–Trinajstić information content (AvgIpc) is 2.63. The molecular weight excluding hydrogens is 208 g/mol. The van der Waals surface area contributed by atoms with Crippen molar-refractivity contribution in [2.45, 2.75) is 33.0 Å². The van der Waals surface area contributed by atoms with Gasteiger partial charge >= 0.3 is 5.69 Å². The minimum Gasteiger partial charge on any atom is -0.380 e. The Morgan fingerprint density at radius 2 is 2.38 bits per heavy atom. The van der Waals surface area contributed by atoms with Gasteiger partial charge in [-0.25, -0.2) is 9.48 Å². The van der Waals surface area contributed by atoms with Gasteiger partial charge in [-0.3, -0.25) is 4.57 Å². The maximum atomic E-state index is 11.9. The summed E-state index contributed by atoms with van der Waals surface area (Å²) in [5.74, 6) is 0.826. The monoisotopic (exact) mass is 226 g/mol. The highest BCUT2D eigenvalue weighted by Gasteiger charge is 2.15. The smallest absolute Gasteiger partial charge is 0.346 e. The van der Waals surface area contributed by atoms with Crippen LogP contribution < -0.4 is 11.0 Å². The molecule has 0 spiro atoms. The summed E-state index contributed by atoms with van der Waals surface area (Å²) in [5, 5.41) is 7.46. The number of nitrogens with zero attached hydrogens (tertiary/aromatic N) is 3. The molecule has 0 atom stereocenters. The Balaban J connectivity index is 1.99. The van der Waals surface area contributed by atoms with Crippen LogP contribution in [0.4, 0.5) is 0 Å². The van der Waals surface area contributed by atoms with Crippen LogP contribution >= 0.6 is 0 Å². The molecule has 1 aromatic heterocycles. The molecule has 0 fully saturated rings. The van der Waals surface area contributed by atoms with Gasteiger partial charge in [-0.05, 0) is 6.42 Å². The Labute approximate surface area is 94.2 Å². The van der Waals surface area contributed by atoms with Gasteiger partial charge < -0.3 is 10.1 Å². The highest BCUT2D eigenvalue weighted by Crippen LogP contribution is 1.97. The van der Waals surface area contributed by atoms with Gasteiger partial charge in [0.25, 0.3) is 0 Å². The van der Waals surface area contributed by atoms with E-state index in [-0.39, 0.29) is 5.69 Å². The van der Waals surface area contributed by atoms with Gasteiger partial charge in [-0.2, -0.15) is 5.10 Å². The lowest BCUT2D eigenvalue weighted by atomic mass is 10.4. The molecule has 6 nitrogen and oxygen atoms in total. The van der Waals surface area contributed by atoms with Gasteiger partial charge in [0.1, 0.15) is 5.82 Å². The number of ether oxygens (including phenoxy) is 1. The first-order valence-electron chi connectivity index (χ1n) is 5.78. The van der Waals surface area contributed by atoms with Gasteiger partial charge in [0.15, 0.2) is 0 Å². The molecular formula is C10H18N4O2. The van der Waals surface area contributed by atoms with Crippen LogP contribution in [-0.4, -0.2) is 34.1 Å². The average molecular weight is 226 g/mol. The molecule has 6 heteroatoms. The molecule has 90 valence electrons. The van der Waals surface area contributed by atoms with Crippen molar-refractivity contribution >= 4 is 0 Å². The number of nitrogens with one attached hydrogen (secondary N) is 1. The van der Waals surface area contributed by atoms with E-state index in [0.717, 1.165) is 25.4 Å². The third-order valence-electron chi connectivity index (χ3n) is 2.59. The molecule has 16 heavy (non-hydrogen) atoms. The van der Waals surface area contributed by atoms with Crippen molar-refractivity contribution < 1.29 is 4.74 Å². The third kappa shape index (κ3) is 2.33. The maximum Gasteiger partial charge on any atom is 0.346 e. The van der Waals surface area contributed by atoms with Crippen LogP contribution in [0.15, 0.2) is 4.79 Å². The van der Waals surface area contributed by atoms with Crippen molar-refractivity contribution in [3.63, 3.8) is 0 Å². The predicted molar refractivity (Wildman–Crippen MR) is 59.3 cm³/mol. The zero-order valence-electron chi connectivity index (χ0n) is 9.61. The van der Waals surface area contributed by atoms with Gasteiger partial charge in [-0.15, -0.1) is 0 Å². The second-order valence-corrected chi connectivity index (χ2v) is 3.86. The van der Waals surface area contributed by atoms with E-state index in [1.807, 2.05) is 0 Å². The van der Waals surface area contributed by atoms with Crippen molar-refractivity contribution in [3.05, 3.63) is 16.3 Å². The number of fused-ring (bicyclic) bond motifs is 1. The third-order valence-corrected chi connectivity index (χ3v) is 2.59. The molecule has 0 saturated heterocycles. The van der Waals surface area contributed by atoms with E-state index in [1.165, 1.54) is 4.68 Å². The second kappa shape index (κ2) is 5.27. The second-order valence-electron chi connectivity index (χ2n) is 3.86. The van der Waals surface area contributed by atoms with Gasteiger partial charge in [-0.1, -0.05) is 6.92 Å². The first kappa shape index (κ1) is 11.3. The minimum atomic E-state index is -0.0170. The summed E-state index contributed by atoms with van der Waals surface area (Å²) in [6.07, 6.45) is 0.999. The lowest BCUT2D eigenvalue weighted by Crippen LogP contribution is -2.34. The summed E-state index contributed by atoms with van der Waals surface area (Å²) in [4.78, 5) is 11.9. The highest BCUT2D eigenvalue weighted by molar-refractivity contribution is 4.90. The minimum absolute atomic E-state index is 0.0170. The lowest BCUT2D eigenvalue weighted by Gasteiger charge is -2.11. The molecule has 0 radical (unpaired) electrons. The quantitative estimate of drug-likeness (QED) is 0.692. The molecule has 0 bridgehead atoms. The number of aromatic nitrogens is 3. The summed E-state index contributed by atoms with van der Waals surface area (Å²) in [6.45, 7) is 6.13. The van der Waals surface area contributed by atoms with Crippen molar-refractivity contribution in [1.29, 1.82) is 0 Å². The first-order chi connectivity index (χ1) is 7.83. The maximum absolute atomic E-state index is 11.9. The summed E-state index contributed by atoms with van der Waals surface area (Å²) < 4.78 is 8.58. The standard InChI is InChI=1S/C10H18N4O2/c1-2-6-16-7-5-14-10(15)13-4-3-11-8-9(13)12-14/h11H,2-8H2,1H3. The molecule has 0 unspecified atom stereocenters. The van der Waals surface area contributed by atoms with E-state index in [9.17, 15) is 4.79 Å². The fourth-order valence-corrected chi connectivity index (χ4v) is 1.78. The zero-order valence-corrected chi connectivity index (χ0v) is 9.61.